The number of aliphatic hydroxyl groups excluding tert-OH is 1. The van der Waals surface area contributed by atoms with Crippen LogP contribution in [0.4, 0.5) is 0 Å². The van der Waals surface area contributed by atoms with E-state index in [1.807, 2.05) is 6.07 Å². The molecule has 0 unspecified atom stereocenters. The molecule has 1 saturated heterocycles. The molecule has 0 aromatic heterocycles. The zero-order valence-corrected chi connectivity index (χ0v) is 15.6. The lowest BCUT2D eigenvalue weighted by Crippen LogP contribution is -2.61. The zero-order chi connectivity index (χ0) is 18.6. The molecule has 1 heterocycles. The standard InChI is InChI=1S/C22H28N2O3/c25-19-13-24(7-6-23-19)20(26)12-22(16-4-2-1-3-5-16)17-8-14-9-18(22)11-15(10-17)21(14)27/h1-5,14-15,17-18,21,27H,6-13H2,(H,23,25). The third kappa shape index (κ3) is 2.62. The van der Waals surface area contributed by atoms with E-state index in [4.69, 9.17) is 0 Å². The first-order valence-electron chi connectivity index (χ1n) is 10.4. The van der Waals surface area contributed by atoms with Gasteiger partial charge in [0.1, 0.15) is 0 Å². The second-order valence-electron chi connectivity index (χ2n) is 9.10. The third-order valence-electron chi connectivity index (χ3n) is 7.92. The number of amides is 2. The van der Waals surface area contributed by atoms with Gasteiger partial charge in [-0.2, -0.15) is 0 Å². The van der Waals surface area contributed by atoms with Gasteiger partial charge in [0, 0.05) is 24.9 Å². The summed E-state index contributed by atoms with van der Waals surface area (Å²) in [6.45, 7) is 1.34. The van der Waals surface area contributed by atoms with Gasteiger partial charge < -0.3 is 15.3 Å². The van der Waals surface area contributed by atoms with Gasteiger partial charge in [0.05, 0.1) is 12.6 Å². The Labute approximate surface area is 160 Å². The van der Waals surface area contributed by atoms with E-state index < -0.39 is 0 Å². The van der Waals surface area contributed by atoms with Crippen molar-refractivity contribution >= 4 is 11.8 Å². The first-order valence-corrected chi connectivity index (χ1v) is 10.4. The predicted molar refractivity (Wildman–Crippen MR) is 101 cm³/mol. The fraction of sp³-hybridized carbons (Fsp3) is 0.636. The quantitative estimate of drug-likeness (QED) is 0.853. The number of carbonyl (C=O) groups excluding carboxylic acids is 2. The lowest BCUT2D eigenvalue weighted by atomic mass is 9.42. The minimum Gasteiger partial charge on any atom is -0.393 e. The molecule has 0 spiro atoms. The minimum atomic E-state index is -0.146. The number of benzene rings is 1. The number of piperazine rings is 1. The van der Waals surface area contributed by atoms with Gasteiger partial charge in [-0.15, -0.1) is 0 Å². The van der Waals surface area contributed by atoms with Gasteiger partial charge >= 0.3 is 0 Å². The maximum Gasteiger partial charge on any atom is 0.239 e. The van der Waals surface area contributed by atoms with Crippen LogP contribution in [0.2, 0.25) is 0 Å². The minimum absolute atomic E-state index is 0.0587. The van der Waals surface area contributed by atoms with E-state index in [0.717, 1.165) is 25.7 Å². The summed E-state index contributed by atoms with van der Waals surface area (Å²) >= 11 is 0. The Bertz CT molecular complexity index is 717. The van der Waals surface area contributed by atoms with Crippen molar-refractivity contribution in [3.05, 3.63) is 35.9 Å². The van der Waals surface area contributed by atoms with Gasteiger partial charge in [-0.05, 0) is 54.9 Å². The number of hydrogen-bond acceptors (Lipinski definition) is 3. The van der Waals surface area contributed by atoms with Crippen molar-refractivity contribution in [3.8, 4) is 0 Å². The molecule has 6 rings (SSSR count). The molecule has 4 aliphatic carbocycles. The van der Waals surface area contributed by atoms with Crippen LogP contribution in [0.3, 0.4) is 0 Å². The molecule has 1 aromatic rings. The molecule has 2 amide bonds. The number of nitrogens with one attached hydrogen (secondary N) is 1. The Hall–Kier alpha value is -1.88. The molecule has 5 fully saturated rings. The smallest absolute Gasteiger partial charge is 0.239 e. The van der Waals surface area contributed by atoms with Gasteiger partial charge in [0.2, 0.25) is 11.8 Å². The van der Waals surface area contributed by atoms with Gasteiger partial charge in [-0.3, -0.25) is 9.59 Å². The molecule has 5 aliphatic rings. The first kappa shape index (κ1) is 17.2. The van der Waals surface area contributed by atoms with Gasteiger partial charge in [0.15, 0.2) is 0 Å². The van der Waals surface area contributed by atoms with Crippen molar-refractivity contribution in [2.75, 3.05) is 19.6 Å². The monoisotopic (exact) mass is 368 g/mol. The maximum absolute atomic E-state index is 13.3. The van der Waals surface area contributed by atoms with E-state index in [1.165, 1.54) is 5.56 Å². The molecule has 2 N–H and O–H groups in total. The highest BCUT2D eigenvalue weighted by Crippen LogP contribution is 2.64. The number of hydrogen-bond donors (Lipinski definition) is 2. The van der Waals surface area contributed by atoms with Crippen molar-refractivity contribution in [3.63, 3.8) is 0 Å². The zero-order valence-electron chi connectivity index (χ0n) is 15.6. The summed E-state index contributed by atoms with van der Waals surface area (Å²) in [5, 5.41) is 13.4. The van der Waals surface area contributed by atoms with Crippen LogP contribution >= 0.6 is 0 Å². The van der Waals surface area contributed by atoms with Crippen LogP contribution in [0.15, 0.2) is 30.3 Å². The number of rotatable bonds is 3. The number of carbonyl (C=O) groups is 2. The molecular formula is C22H28N2O3. The summed E-state index contributed by atoms with van der Waals surface area (Å²) in [5.74, 6) is 1.76. The normalized spacial score (nSPS) is 40.1. The van der Waals surface area contributed by atoms with Crippen molar-refractivity contribution in [2.45, 2.75) is 43.6 Å². The Morgan fingerprint density at radius 1 is 1.11 bits per heavy atom. The van der Waals surface area contributed by atoms with Crippen molar-refractivity contribution in [1.82, 2.24) is 10.2 Å². The fourth-order valence-corrected chi connectivity index (χ4v) is 6.79. The lowest BCUT2D eigenvalue weighted by molar-refractivity contribution is -0.154. The molecule has 0 atom stereocenters. The number of nitrogens with zero attached hydrogens (tertiary/aromatic N) is 1. The second kappa shape index (κ2) is 6.33. The van der Waals surface area contributed by atoms with E-state index >= 15 is 0 Å². The topological polar surface area (TPSA) is 69.6 Å². The first-order chi connectivity index (χ1) is 13.1. The van der Waals surface area contributed by atoms with E-state index in [1.54, 1.807) is 4.90 Å². The predicted octanol–water partition coefficient (Wildman–Crippen LogP) is 1.70. The third-order valence-corrected chi connectivity index (χ3v) is 7.92. The van der Waals surface area contributed by atoms with Crippen LogP contribution in [-0.2, 0) is 15.0 Å². The van der Waals surface area contributed by atoms with Crippen LogP contribution < -0.4 is 5.32 Å². The summed E-state index contributed by atoms with van der Waals surface area (Å²) < 4.78 is 0. The summed E-state index contributed by atoms with van der Waals surface area (Å²) in [4.78, 5) is 26.8. The molecule has 5 heteroatoms. The average Bonchev–Trinajstić information content (AvgIpc) is 2.67. The summed E-state index contributed by atoms with van der Waals surface area (Å²) in [6.07, 6.45) is 4.45. The van der Waals surface area contributed by atoms with Crippen LogP contribution in [0.25, 0.3) is 0 Å². The maximum atomic E-state index is 13.3. The van der Waals surface area contributed by atoms with E-state index in [0.29, 0.717) is 43.2 Å². The highest BCUT2D eigenvalue weighted by atomic mass is 16.3. The lowest BCUT2D eigenvalue weighted by Gasteiger charge is -2.63. The Balaban J connectivity index is 1.49. The molecule has 1 aromatic carbocycles. The van der Waals surface area contributed by atoms with Crippen LogP contribution in [-0.4, -0.2) is 47.6 Å². The molecule has 1 aliphatic heterocycles. The Morgan fingerprint density at radius 3 is 2.33 bits per heavy atom. The highest BCUT2D eigenvalue weighted by molar-refractivity contribution is 5.86. The Morgan fingerprint density at radius 2 is 1.74 bits per heavy atom. The summed E-state index contributed by atoms with van der Waals surface area (Å²) in [7, 11) is 0. The highest BCUT2D eigenvalue weighted by Gasteiger charge is 2.61. The van der Waals surface area contributed by atoms with Crippen molar-refractivity contribution in [2.24, 2.45) is 23.7 Å². The van der Waals surface area contributed by atoms with Crippen LogP contribution in [0.1, 0.15) is 37.7 Å². The average molecular weight is 368 g/mol. The fourth-order valence-electron chi connectivity index (χ4n) is 6.79. The van der Waals surface area contributed by atoms with Gasteiger partial charge in [-0.25, -0.2) is 0 Å². The molecule has 144 valence electrons. The Kier molecular flexibility index (Phi) is 4.04. The number of aliphatic hydroxyl groups is 1. The van der Waals surface area contributed by atoms with Crippen molar-refractivity contribution in [1.29, 1.82) is 0 Å². The van der Waals surface area contributed by atoms with E-state index in [9.17, 15) is 14.7 Å². The molecule has 4 bridgehead atoms. The van der Waals surface area contributed by atoms with Crippen molar-refractivity contribution < 1.29 is 14.7 Å². The van der Waals surface area contributed by atoms with Gasteiger partial charge in [-0.1, -0.05) is 30.3 Å². The molecule has 5 nitrogen and oxygen atoms in total. The van der Waals surface area contributed by atoms with Gasteiger partial charge in [0.25, 0.3) is 0 Å². The second-order valence-corrected chi connectivity index (χ2v) is 9.10. The summed E-state index contributed by atoms with van der Waals surface area (Å²) in [5.41, 5.74) is 1.14. The molecule has 27 heavy (non-hydrogen) atoms. The van der Waals surface area contributed by atoms with E-state index in [-0.39, 0.29) is 29.9 Å². The molecular weight excluding hydrogens is 340 g/mol. The largest absolute Gasteiger partial charge is 0.393 e. The SMILES string of the molecule is O=C1CN(C(=O)CC2(c3ccccc3)C3CC4CC2CC(C3)C4O)CCN1. The van der Waals surface area contributed by atoms with Crippen LogP contribution in [0.5, 0.6) is 0 Å². The molecule has 4 saturated carbocycles. The molecule has 0 radical (unpaired) electrons. The van der Waals surface area contributed by atoms with E-state index in [2.05, 4.69) is 29.6 Å². The van der Waals surface area contributed by atoms with Crippen LogP contribution in [0, 0.1) is 23.7 Å². The summed E-state index contributed by atoms with van der Waals surface area (Å²) in [6, 6.07) is 10.6.